The van der Waals surface area contributed by atoms with Gasteiger partial charge in [-0.05, 0) is 76.6 Å². The van der Waals surface area contributed by atoms with Crippen molar-refractivity contribution in [2.45, 2.75) is 84.6 Å². The first-order valence-electron chi connectivity index (χ1n) is 10.3. The standard InChI is InChI=1S/C24H34O6/c1-14-13-18(21(23(27)28)17(4)16(14)3)10-8-12-20-22(30-24(5,6)29-20)19(26)11-7-9-15(2)25/h7-8,10-11,13,15,19-20,22,25-26H,9,12H2,1-6H3,(H,27,28)/b10-8+,11-7-/t15-,19?,20-,22+/m0/s1. The van der Waals surface area contributed by atoms with Crippen LogP contribution in [0.15, 0.2) is 24.3 Å². The van der Waals surface area contributed by atoms with Crippen molar-refractivity contribution in [3.63, 3.8) is 0 Å². The maximum Gasteiger partial charge on any atom is 0.336 e. The zero-order valence-electron chi connectivity index (χ0n) is 18.7. The van der Waals surface area contributed by atoms with Gasteiger partial charge in [0.25, 0.3) is 0 Å². The lowest BCUT2D eigenvalue weighted by atomic mass is 9.93. The number of aliphatic hydroxyl groups excluding tert-OH is 2. The molecule has 1 aromatic rings. The van der Waals surface area contributed by atoms with Crippen LogP contribution >= 0.6 is 0 Å². The molecule has 166 valence electrons. The molecule has 4 atom stereocenters. The lowest BCUT2D eigenvalue weighted by molar-refractivity contribution is -0.152. The van der Waals surface area contributed by atoms with Gasteiger partial charge in [-0.1, -0.05) is 30.4 Å². The van der Waals surface area contributed by atoms with Gasteiger partial charge in [0.2, 0.25) is 0 Å². The smallest absolute Gasteiger partial charge is 0.336 e. The molecule has 1 saturated heterocycles. The van der Waals surface area contributed by atoms with E-state index in [2.05, 4.69) is 0 Å². The molecular formula is C24H34O6. The molecule has 3 N–H and O–H groups in total. The minimum Gasteiger partial charge on any atom is -0.478 e. The fourth-order valence-electron chi connectivity index (χ4n) is 3.72. The number of carboxylic acids is 1. The first kappa shape index (κ1) is 24.3. The molecule has 1 aromatic carbocycles. The van der Waals surface area contributed by atoms with E-state index in [1.165, 1.54) is 0 Å². The molecule has 1 aliphatic rings. The summed E-state index contributed by atoms with van der Waals surface area (Å²) in [5.41, 5.74) is 3.73. The minimum absolute atomic E-state index is 0.302. The van der Waals surface area contributed by atoms with Crippen LogP contribution in [0.5, 0.6) is 0 Å². The van der Waals surface area contributed by atoms with Crippen molar-refractivity contribution >= 4 is 12.0 Å². The maximum absolute atomic E-state index is 11.8. The van der Waals surface area contributed by atoms with E-state index in [-0.39, 0.29) is 6.10 Å². The summed E-state index contributed by atoms with van der Waals surface area (Å²) in [6, 6.07) is 1.88. The summed E-state index contributed by atoms with van der Waals surface area (Å²) >= 11 is 0. The number of aromatic carboxylic acids is 1. The molecule has 1 unspecified atom stereocenters. The van der Waals surface area contributed by atoms with E-state index in [0.29, 0.717) is 24.0 Å². The maximum atomic E-state index is 11.8. The van der Waals surface area contributed by atoms with E-state index in [0.717, 1.165) is 16.7 Å². The van der Waals surface area contributed by atoms with Crippen molar-refractivity contribution in [2.75, 3.05) is 0 Å². The van der Waals surface area contributed by atoms with Gasteiger partial charge in [-0.25, -0.2) is 4.79 Å². The number of carbonyl (C=O) groups is 1. The quantitative estimate of drug-likeness (QED) is 0.554. The number of aliphatic hydroxyl groups is 2. The topological polar surface area (TPSA) is 96.2 Å². The van der Waals surface area contributed by atoms with Crippen molar-refractivity contribution in [2.24, 2.45) is 0 Å². The minimum atomic E-state index is -0.951. The second kappa shape index (κ2) is 9.88. The van der Waals surface area contributed by atoms with Gasteiger partial charge in [-0.15, -0.1) is 0 Å². The van der Waals surface area contributed by atoms with Gasteiger partial charge < -0.3 is 24.8 Å². The van der Waals surface area contributed by atoms with Crippen LogP contribution in [0.4, 0.5) is 0 Å². The van der Waals surface area contributed by atoms with Gasteiger partial charge in [-0.3, -0.25) is 0 Å². The molecule has 6 heteroatoms. The molecule has 2 rings (SSSR count). The normalized spacial score (nSPS) is 23.3. The molecule has 0 aromatic heterocycles. The Labute approximate surface area is 178 Å². The Morgan fingerprint density at radius 2 is 1.83 bits per heavy atom. The molecule has 0 bridgehead atoms. The first-order valence-corrected chi connectivity index (χ1v) is 10.3. The summed E-state index contributed by atoms with van der Waals surface area (Å²) in [6.45, 7) is 11.0. The number of benzene rings is 1. The highest BCUT2D eigenvalue weighted by molar-refractivity contribution is 5.94. The molecule has 0 saturated carbocycles. The van der Waals surface area contributed by atoms with Crippen LogP contribution in [-0.2, 0) is 9.47 Å². The van der Waals surface area contributed by atoms with Gasteiger partial charge in [0.1, 0.15) is 12.2 Å². The molecule has 1 heterocycles. The Balaban J connectivity index is 2.19. The van der Waals surface area contributed by atoms with Crippen molar-refractivity contribution in [3.05, 3.63) is 52.1 Å². The van der Waals surface area contributed by atoms with E-state index in [9.17, 15) is 20.1 Å². The van der Waals surface area contributed by atoms with Crippen LogP contribution in [0.3, 0.4) is 0 Å². The lowest BCUT2D eigenvalue weighted by Gasteiger charge is -2.19. The zero-order valence-corrected chi connectivity index (χ0v) is 18.7. The third-order valence-corrected chi connectivity index (χ3v) is 5.44. The predicted molar refractivity (Wildman–Crippen MR) is 117 cm³/mol. The Bertz CT molecular complexity index is 821. The summed E-state index contributed by atoms with van der Waals surface area (Å²) in [5.74, 6) is -1.78. The molecule has 30 heavy (non-hydrogen) atoms. The SMILES string of the molecule is Cc1cc(/C=C/C[C@@H]2OC(C)(C)O[C@@H]2C(O)/C=C\C[C@H](C)O)c(C(=O)O)c(C)c1C. The van der Waals surface area contributed by atoms with Crippen LogP contribution < -0.4 is 0 Å². The van der Waals surface area contributed by atoms with Crippen LogP contribution in [0.1, 0.15) is 66.2 Å². The molecule has 0 radical (unpaired) electrons. The van der Waals surface area contributed by atoms with E-state index in [4.69, 9.17) is 9.47 Å². The summed E-state index contributed by atoms with van der Waals surface area (Å²) in [7, 11) is 0. The van der Waals surface area contributed by atoms with E-state index >= 15 is 0 Å². The molecule has 6 nitrogen and oxygen atoms in total. The van der Waals surface area contributed by atoms with Crippen LogP contribution in [-0.4, -0.2) is 51.5 Å². The number of hydrogen-bond acceptors (Lipinski definition) is 5. The highest BCUT2D eigenvalue weighted by Gasteiger charge is 2.43. The van der Waals surface area contributed by atoms with Gasteiger partial charge in [0.15, 0.2) is 5.79 Å². The van der Waals surface area contributed by atoms with Crippen molar-refractivity contribution in [3.8, 4) is 0 Å². The Hall–Kier alpha value is -1.99. The van der Waals surface area contributed by atoms with Crippen LogP contribution in [0.25, 0.3) is 6.08 Å². The lowest BCUT2D eigenvalue weighted by Crippen LogP contribution is -2.34. The monoisotopic (exact) mass is 418 g/mol. The van der Waals surface area contributed by atoms with E-state index in [1.807, 2.05) is 32.9 Å². The largest absolute Gasteiger partial charge is 0.478 e. The van der Waals surface area contributed by atoms with Gasteiger partial charge >= 0.3 is 5.97 Å². The Kier molecular flexibility index (Phi) is 7.99. The zero-order chi connectivity index (χ0) is 22.6. The fraction of sp³-hybridized carbons (Fsp3) is 0.542. The Morgan fingerprint density at radius 1 is 1.17 bits per heavy atom. The summed E-state index contributed by atoms with van der Waals surface area (Å²) in [6.07, 6.45) is 5.62. The summed E-state index contributed by atoms with van der Waals surface area (Å²) in [4.78, 5) is 11.8. The number of ether oxygens (including phenoxy) is 2. The van der Waals surface area contributed by atoms with Crippen molar-refractivity contribution in [1.82, 2.24) is 0 Å². The molecule has 0 aliphatic carbocycles. The predicted octanol–water partition coefficient (Wildman–Crippen LogP) is 3.92. The summed E-state index contributed by atoms with van der Waals surface area (Å²) in [5, 5.41) is 29.5. The van der Waals surface area contributed by atoms with E-state index in [1.54, 1.807) is 39.0 Å². The average Bonchev–Trinajstić information content (AvgIpc) is 2.93. The second-order valence-corrected chi connectivity index (χ2v) is 8.49. The highest BCUT2D eigenvalue weighted by Crippen LogP contribution is 2.33. The van der Waals surface area contributed by atoms with Gasteiger partial charge in [0, 0.05) is 0 Å². The fourth-order valence-corrected chi connectivity index (χ4v) is 3.72. The third kappa shape index (κ3) is 6.01. The van der Waals surface area contributed by atoms with Crippen LogP contribution in [0.2, 0.25) is 0 Å². The number of rotatable bonds is 8. The summed E-state index contributed by atoms with van der Waals surface area (Å²) < 4.78 is 11.8. The molecule has 0 amide bonds. The molecular weight excluding hydrogens is 384 g/mol. The van der Waals surface area contributed by atoms with E-state index < -0.39 is 30.1 Å². The third-order valence-electron chi connectivity index (χ3n) is 5.44. The van der Waals surface area contributed by atoms with Gasteiger partial charge in [0.05, 0.1) is 17.8 Å². The number of carboxylic acid groups (broad SMARTS) is 1. The first-order chi connectivity index (χ1) is 13.9. The average molecular weight is 419 g/mol. The van der Waals surface area contributed by atoms with Crippen LogP contribution in [0, 0.1) is 20.8 Å². The van der Waals surface area contributed by atoms with Crippen molar-refractivity contribution in [1.29, 1.82) is 0 Å². The highest BCUT2D eigenvalue weighted by atomic mass is 16.8. The van der Waals surface area contributed by atoms with Crippen molar-refractivity contribution < 1.29 is 29.6 Å². The Morgan fingerprint density at radius 3 is 2.43 bits per heavy atom. The number of aryl methyl sites for hydroxylation is 1. The molecule has 1 fully saturated rings. The number of hydrogen-bond donors (Lipinski definition) is 3. The molecule has 0 spiro atoms. The second-order valence-electron chi connectivity index (χ2n) is 8.49. The molecule has 1 aliphatic heterocycles. The van der Waals surface area contributed by atoms with Gasteiger partial charge in [-0.2, -0.15) is 0 Å².